The second kappa shape index (κ2) is 7.38. The third-order valence-electron chi connectivity index (χ3n) is 4.50. The third kappa shape index (κ3) is 3.53. The molecule has 0 saturated carbocycles. The second-order valence-electron chi connectivity index (χ2n) is 6.23. The second-order valence-corrected chi connectivity index (χ2v) is 7.08. The van der Waals surface area contributed by atoms with Crippen LogP contribution in [0.3, 0.4) is 0 Å². The smallest absolute Gasteiger partial charge is 0.289 e. The molecule has 3 aromatic rings. The number of halogens is 1. The predicted molar refractivity (Wildman–Crippen MR) is 102 cm³/mol. The lowest BCUT2D eigenvalue weighted by molar-refractivity contribution is 0.0698. The van der Waals surface area contributed by atoms with Gasteiger partial charge in [0, 0.05) is 13.1 Å². The first-order valence-corrected chi connectivity index (χ1v) is 9.32. The number of amides is 1. The zero-order chi connectivity index (χ0) is 17.9. The maximum atomic E-state index is 12.7. The quantitative estimate of drug-likeness (QED) is 0.617. The molecule has 0 fully saturated rings. The molecule has 0 bridgehead atoms. The topological polar surface area (TPSA) is 42.7 Å². The van der Waals surface area contributed by atoms with E-state index < -0.39 is 0 Å². The van der Waals surface area contributed by atoms with E-state index in [0.29, 0.717) is 24.6 Å². The average molecular weight is 412 g/mol. The molecule has 0 atom stereocenters. The fourth-order valence-electron chi connectivity index (χ4n) is 3.11. The van der Waals surface area contributed by atoms with E-state index in [2.05, 4.69) is 28.1 Å². The summed E-state index contributed by atoms with van der Waals surface area (Å²) in [7, 11) is 0. The highest BCUT2D eigenvalue weighted by atomic mass is 79.9. The van der Waals surface area contributed by atoms with Crippen LogP contribution in [0.2, 0.25) is 0 Å². The minimum absolute atomic E-state index is 0.0772. The first-order valence-electron chi connectivity index (χ1n) is 8.53. The number of rotatable bonds is 4. The Bertz CT molecular complexity index is 934. The molecule has 2 heterocycles. The van der Waals surface area contributed by atoms with E-state index >= 15 is 0 Å². The van der Waals surface area contributed by atoms with Gasteiger partial charge in [0.15, 0.2) is 5.76 Å². The Hall–Kier alpha value is -2.53. The lowest BCUT2D eigenvalue weighted by atomic mass is 10.00. The number of hydrogen-bond acceptors (Lipinski definition) is 3. The van der Waals surface area contributed by atoms with Crippen molar-refractivity contribution >= 4 is 21.8 Å². The van der Waals surface area contributed by atoms with Crippen LogP contribution in [-0.2, 0) is 19.6 Å². The van der Waals surface area contributed by atoms with E-state index in [-0.39, 0.29) is 12.5 Å². The molecular formula is C21H18BrNO3. The molecule has 0 N–H and O–H groups in total. The van der Waals surface area contributed by atoms with Crippen LogP contribution in [0.4, 0.5) is 0 Å². The molecule has 1 amide bonds. The van der Waals surface area contributed by atoms with E-state index in [1.165, 1.54) is 11.1 Å². The van der Waals surface area contributed by atoms with Gasteiger partial charge in [-0.1, -0.05) is 36.4 Å². The van der Waals surface area contributed by atoms with E-state index in [1.807, 2.05) is 41.3 Å². The number of hydrogen-bond donors (Lipinski definition) is 0. The van der Waals surface area contributed by atoms with Gasteiger partial charge in [-0.3, -0.25) is 4.79 Å². The van der Waals surface area contributed by atoms with Crippen LogP contribution in [0.5, 0.6) is 5.75 Å². The Morgan fingerprint density at radius 2 is 1.81 bits per heavy atom. The van der Waals surface area contributed by atoms with Gasteiger partial charge in [-0.2, -0.15) is 0 Å². The van der Waals surface area contributed by atoms with Gasteiger partial charge in [0.2, 0.25) is 0 Å². The molecule has 0 spiro atoms. The largest absolute Gasteiger partial charge is 0.484 e. The molecule has 26 heavy (non-hydrogen) atoms. The maximum absolute atomic E-state index is 12.7. The van der Waals surface area contributed by atoms with Gasteiger partial charge in [0.1, 0.15) is 18.1 Å². The molecule has 0 aliphatic carbocycles. The van der Waals surface area contributed by atoms with Crippen LogP contribution in [0.25, 0.3) is 0 Å². The Labute approximate surface area is 160 Å². The number of furan rings is 1. The van der Waals surface area contributed by atoms with Gasteiger partial charge in [-0.15, -0.1) is 0 Å². The number of benzene rings is 2. The van der Waals surface area contributed by atoms with Gasteiger partial charge in [-0.25, -0.2) is 0 Å². The zero-order valence-electron chi connectivity index (χ0n) is 14.2. The summed E-state index contributed by atoms with van der Waals surface area (Å²) < 4.78 is 12.3. The Kier molecular flexibility index (Phi) is 4.80. The first-order chi connectivity index (χ1) is 12.7. The summed E-state index contributed by atoms with van der Waals surface area (Å²) >= 11 is 3.45. The fourth-order valence-corrected chi connectivity index (χ4v) is 3.51. The van der Waals surface area contributed by atoms with Crippen LogP contribution in [0.1, 0.15) is 27.4 Å². The predicted octanol–water partition coefficient (Wildman–Crippen LogP) is 4.82. The minimum Gasteiger partial charge on any atom is -0.484 e. The van der Waals surface area contributed by atoms with Crippen molar-refractivity contribution in [2.24, 2.45) is 0 Å². The van der Waals surface area contributed by atoms with Gasteiger partial charge in [0.25, 0.3) is 5.91 Å². The molecule has 1 aliphatic rings. The Balaban J connectivity index is 1.41. The van der Waals surface area contributed by atoms with Crippen molar-refractivity contribution in [1.29, 1.82) is 0 Å². The van der Waals surface area contributed by atoms with Crippen LogP contribution in [-0.4, -0.2) is 17.4 Å². The summed E-state index contributed by atoms with van der Waals surface area (Å²) in [5.41, 5.74) is 2.52. The Morgan fingerprint density at radius 3 is 2.65 bits per heavy atom. The number of ether oxygens (including phenoxy) is 1. The normalized spacial score (nSPS) is 13.3. The van der Waals surface area contributed by atoms with E-state index in [1.54, 1.807) is 12.1 Å². The monoisotopic (exact) mass is 411 g/mol. The summed E-state index contributed by atoms with van der Waals surface area (Å²) in [6.07, 6.45) is 0.876. The molecule has 0 radical (unpaired) electrons. The number of para-hydroxylation sites is 1. The highest BCUT2D eigenvalue weighted by Crippen LogP contribution is 2.25. The number of nitrogens with zero attached hydrogens (tertiary/aromatic N) is 1. The summed E-state index contributed by atoms with van der Waals surface area (Å²) in [6, 6.07) is 19.4. The lowest BCUT2D eigenvalue weighted by Crippen LogP contribution is -2.35. The van der Waals surface area contributed by atoms with Crippen molar-refractivity contribution in [2.75, 3.05) is 6.54 Å². The van der Waals surface area contributed by atoms with Gasteiger partial charge in [0.05, 0.1) is 4.47 Å². The van der Waals surface area contributed by atoms with Crippen LogP contribution < -0.4 is 4.74 Å². The van der Waals surface area contributed by atoms with Crippen molar-refractivity contribution in [3.8, 4) is 5.75 Å². The van der Waals surface area contributed by atoms with E-state index in [4.69, 9.17) is 9.15 Å². The SMILES string of the molecule is O=C(c1ccc(COc2ccccc2Br)o1)N1CCc2ccccc2C1. The highest BCUT2D eigenvalue weighted by molar-refractivity contribution is 9.10. The minimum atomic E-state index is -0.0772. The molecular weight excluding hydrogens is 394 g/mol. The van der Waals surface area contributed by atoms with Crippen molar-refractivity contribution < 1.29 is 13.9 Å². The zero-order valence-corrected chi connectivity index (χ0v) is 15.7. The average Bonchev–Trinajstić information content (AvgIpc) is 3.15. The number of fused-ring (bicyclic) bond motifs is 1. The number of carbonyl (C=O) groups excluding carboxylic acids is 1. The van der Waals surface area contributed by atoms with Gasteiger partial charge >= 0.3 is 0 Å². The van der Waals surface area contributed by atoms with Crippen LogP contribution >= 0.6 is 15.9 Å². The fraction of sp³-hybridized carbons (Fsp3) is 0.190. The molecule has 0 saturated heterocycles. The van der Waals surface area contributed by atoms with Gasteiger partial charge in [-0.05, 0) is 57.7 Å². The van der Waals surface area contributed by atoms with Crippen molar-refractivity contribution in [3.63, 3.8) is 0 Å². The molecule has 0 unspecified atom stereocenters. The summed E-state index contributed by atoms with van der Waals surface area (Å²) in [5, 5.41) is 0. The summed E-state index contributed by atoms with van der Waals surface area (Å²) in [5.74, 6) is 1.65. The lowest BCUT2D eigenvalue weighted by Gasteiger charge is -2.28. The van der Waals surface area contributed by atoms with Crippen LogP contribution in [0.15, 0.2) is 69.6 Å². The number of carbonyl (C=O) groups is 1. The molecule has 1 aromatic heterocycles. The maximum Gasteiger partial charge on any atom is 0.289 e. The molecule has 5 heteroatoms. The van der Waals surface area contributed by atoms with E-state index in [9.17, 15) is 4.79 Å². The van der Waals surface area contributed by atoms with Crippen molar-refractivity contribution in [2.45, 2.75) is 19.6 Å². The van der Waals surface area contributed by atoms with E-state index in [0.717, 1.165) is 16.6 Å². The molecule has 4 rings (SSSR count). The molecule has 4 nitrogen and oxygen atoms in total. The molecule has 2 aromatic carbocycles. The summed E-state index contributed by atoms with van der Waals surface area (Å²) in [4.78, 5) is 14.6. The Morgan fingerprint density at radius 1 is 1.04 bits per heavy atom. The molecule has 132 valence electrons. The van der Waals surface area contributed by atoms with Gasteiger partial charge < -0.3 is 14.1 Å². The van der Waals surface area contributed by atoms with Crippen LogP contribution in [0, 0.1) is 0 Å². The summed E-state index contributed by atoms with van der Waals surface area (Å²) in [6.45, 7) is 1.61. The highest BCUT2D eigenvalue weighted by Gasteiger charge is 2.23. The van der Waals surface area contributed by atoms with Crippen molar-refractivity contribution in [1.82, 2.24) is 4.90 Å². The third-order valence-corrected chi connectivity index (χ3v) is 5.15. The van der Waals surface area contributed by atoms with Crippen molar-refractivity contribution in [3.05, 3.63) is 87.8 Å². The standard InChI is InChI=1S/C21H18BrNO3/c22-18-7-3-4-8-19(18)25-14-17-9-10-20(26-17)21(24)23-12-11-15-5-1-2-6-16(15)13-23/h1-10H,11-14H2. The molecule has 1 aliphatic heterocycles. The first kappa shape index (κ1) is 16.9.